The third kappa shape index (κ3) is 2.77. The maximum Gasteiger partial charge on any atom is 0.200 e. The van der Waals surface area contributed by atoms with Crippen molar-refractivity contribution < 1.29 is 4.42 Å². The number of para-hydroxylation sites is 3. The fourth-order valence-corrected chi connectivity index (χ4v) is 7.06. The van der Waals surface area contributed by atoms with E-state index in [9.17, 15) is 4.79 Å². The van der Waals surface area contributed by atoms with Crippen molar-refractivity contribution in [3.63, 3.8) is 0 Å². The molecule has 0 fully saturated rings. The van der Waals surface area contributed by atoms with Gasteiger partial charge in [0.2, 0.25) is 5.43 Å². The van der Waals surface area contributed by atoms with Gasteiger partial charge in [-0.05, 0) is 75.8 Å². The standard InChI is InChI=1S/C36H21N3O2/c40-35-23-10-2-8-16-32(23)41-33-20-29-24(19-25(33)35)22-9-1-3-11-26(22)36(29)27-12-4-6-14-30(27)39(34-17-18-37-21-38-34)31-15-7-5-13-28(31)36/h1-21H. The summed E-state index contributed by atoms with van der Waals surface area (Å²) in [4.78, 5) is 24.7. The lowest BCUT2D eigenvalue weighted by Crippen LogP contribution is -2.36. The van der Waals surface area contributed by atoms with Gasteiger partial charge in [-0.3, -0.25) is 9.69 Å². The lowest BCUT2D eigenvalue weighted by Gasteiger charge is -2.44. The van der Waals surface area contributed by atoms with Crippen LogP contribution in [-0.2, 0) is 5.41 Å². The van der Waals surface area contributed by atoms with E-state index in [0.717, 1.165) is 45.0 Å². The molecule has 41 heavy (non-hydrogen) atoms. The van der Waals surface area contributed by atoms with Gasteiger partial charge in [-0.25, -0.2) is 9.97 Å². The monoisotopic (exact) mass is 527 g/mol. The molecule has 7 aromatic rings. The number of hydrogen-bond acceptors (Lipinski definition) is 5. The lowest BCUT2D eigenvalue weighted by molar-refractivity contribution is 0.657. The van der Waals surface area contributed by atoms with Crippen LogP contribution in [0.25, 0.3) is 33.1 Å². The number of hydrogen-bond donors (Lipinski definition) is 0. The van der Waals surface area contributed by atoms with Gasteiger partial charge in [0.25, 0.3) is 0 Å². The van der Waals surface area contributed by atoms with Gasteiger partial charge in [-0.15, -0.1) is 0 Å². The zero-order valence-electron chi connectivity index (χ0n) is 21.8. The lowest BCUT2D eigenvalue weighted by atomic mass is 9.64. The molecule has 192 valence electrons. The molecular weight excluding hydrogens is 506 g/mol. The van der Waals surface area contributed by atoms with E-state index in [4.69, 9.17) is 4.42 Å². The van der Waals surface area contributed by atoms with Gasteiger partial charge in [0, 0.05) is 6.20 Å². The minimum atomic E-state index is -0.624. The van der Waals surface area contributed by atoms with Crippen LogP contribution < -0.4 is 10.3 Å². The van der Waals surface area contributed by atoms with Crippen molar-refractivity contribution in [2.24, 2.45) is 0 Å². The van der Waals surface area contributed by atoms with Gasteiger partial charge in [-0.1, -0.05) is 72.8 Å². The average Bonchev–Trinajstić information content (AvgIpc) is 3.31. The van der Waals surface area contributed by atoms with Crippen molar-refractivity contribution in [2.45, 2.75) is 5.41 Å². The molecule has 0 bridgehead atoms. The van der Waals surface area contributed by atoms with E-state index >= 15 is 0 Å². The van der Waals surface area contributed by atoms with Crippen LogP contribution in [0.4, 0.5) is 17.2 Å². The molecule has 1 spiro atoms. The molecule has 2 aromatic heterocycles. The highest BCUT2D eigenvalue weighted by Crippen LogP contribution is 2.63. The van der Waals surface area contributed by atoms with E-state index in [0.29, 0.717) is 21.9 Å². The number of anilines is 3. The smallest absolute Gasteiger partial charge is 0.200 e. The van der Waals surface area contributed by atoms with Gasteiger partial charge >= 0.3 is 0 Å². The van der Waals surface area contributed by atoms with Crippen LogP contribution in [0.2, 0.25) is 0 Å². The van der Waals surface area contributed by atoms with E-state index in [2.05, 4.69) is 93.7 Å². The van der Waals surface area contributed by atoms with Crippen LogP contribution >= 0.6 is 0 Å². The SMILES string of the molecule is O=c1c2ccccc2oc2cc3c(cc12)-c1ccccc1C31c2ccccc2N(c2ccncn2)c2ccccc21. The molecule has 9 rings (SSSR count). The summed E-state index contributed by atoms with van der Waals surface area (Å²) in [6.07, 6.45) is 3.36. The quantitative estimate of drug-likeness (QED) is 0.203. The van der Waals surface area contributed by atoms with Crippen LogP contribution in [0.15, 0.2) is 137 Å². The van der Waals surface area contributed by atoms with Crippen LogP contribution in [-0.4, -0.2) is 9.97 Å². The Bertz CT molecular complexity index is 2210. The van der Waals surface area contributed by atoms with Crippen LogP contribution in [0, 0.1) is 0 Å². The number of nitrogens with zero attached hydrogens (tertiary/aromatic N) is 3. The zero-order valence-corrected chi connectivity index (χ0v) is 21.8. The second kappa shape index (κ2) is 7.99. The summed E-state index contributed by atoms with van der Waals surface area (Å²) < 4.78 is 6.42. The third-order valence-electron chi connectivity index (χ3n) is 8.63. The minimum Gasteiger partial charge on any atom is -0.456 e. The van der Waals surface area contributed by atoms with Crippen LogP contribution in [0.1, 0.15) is 22.3 Å². The second-order valence-electron chi connectivity index (χ2n) is 10.6. The first-order chi connectivity index (χ1) is 20.3. The number of aromatic nitrogens is 2. The van der Waals surface area contributed by atoms with Crippen molar-refractivity contribution in [2.75, 3.05) is 4.90 Å². The van der Waals surface area contributed by atoms with Crippen molar-refractivity contribution in [1.29, 1.82) is 0 Å². The molecule has 0 saturated carbocycles. The number of rotatable bonds is 1. The summed E-state index contributed by atoms with van der Waals surface area (Å²) in [6.45, 7) is 0. The van der Waals surface area contributed by atoms with Gasteiger partial charge in [0.15, 0.2) is 0 Å². The molecule has 0 unspecified atom stereocenters. The Hall–Kier alpha value is -5.55. The maximum atomic E-state index is 13.7. The van der Waals surface area contributed by atoms with Crippen LogP contribution in [0.3, 0.4) is 0 Å². The molecule has 1 aliphatic carbocycles. The maximum absolute atomic E-state index is 13.7. The Morgan fingerprint density at radius 3 is 2.05 bits per heavy atom. The minimum absolute atomic E-state index is 0.0116. The summed E-state index contributed by atoms with van der Waals surface area (Å²) in [7, 11) is 0. The first-order valence-corrected chi connectivity index (χ1v) is 13.6. The van der Waals surface area contributed by atoms with E-state index in [1.165, 1.54) is 5.56 Å². The summed E-state index contributed by atoms with van der Waals surface area (Å²) in [6, 6.07) is 39.2. The molecule has 2 aliphatic rings. The van der Waals surface area contributed by atoms with Gasteiger partial charge in [-0.2, -0.15) is 0 Å². The molecule has 3 heterocycles. The molecule has 0 atom stereocenters. The highest BCUT2D eigenvalue weighted by molar-refractivity contribution is 6.00. The van der Waals surface area contributed by atoms with E-state index in [1.807, 2.05) is 36.4 Å². The summed E-state index contributed by atoms with van der Waals surface area (Å²) in [5, 5.41) is 1.18. The number of fused-ring (bicyclic) bond motifs is 11. The van der Waals surface area contributed by atoms with Crippen molar-refractivity contribution in [3.05, 3.63) is 160 Å². The van der Waals surface area contributed by atoms with Crippen molar-refractivity contribution in [1.82, 2.24) is 9.97 Å². The fourth-order valence-electron chi connectivity index (χ4n) is 7.06. The normalized spacial score (nSPS) is 14.1. The zero-order chi connectivity index (χ0) is 27.1. The summed E-state index contributed by atoms with van der Waals surface area (Å²) in [5.74, 6) is 0.803. The van der Waals surface area contributed by atoms with Gasteiger partial charge < -0.3 is 4.42 Å². The largest absolute Gasteiger partial charge is 0.456 e. The second-order valence-corrected chi connectivity index (χ2v) is 10.6. The third-order valence-corrected chi connectivity index (χ3v) is 8.63. The Morgan fingerprint density at radius 1 is 0.610 bits per heavy atom. The molecule has 5 nitrogen and oxygen atoms in total. The molecule has 5 heteroatoms. The average molecular weight is 528 g/mol. The molecule has 0 amide bonds. The predicted molar refractivity (Wildman–Crippen MR) is 161 cm³/mol. The summed E-state index contributed by atoms with van der Waals surface area (Å²) in [5.41, 5.74) is 9.40. The highest BCUT2D eigenvalue weighted by atomic mass is 16.3. The summed E-state index contributed by atoms with van der Waals surface area (Å²) >= 11 is 0. The first kappa shape index (κ1) is 22.3. The Labute approximate surface area is 235 Å². The van der Waals surface area contributed by atoms with E-state index < -0.39 is 5.41 Å². The molecular formula is C36H21N3O2. The highest BCUT2D eigenvalue weighted by Gasteiger charge is 2.52. The fraction of sp³-hybridized carbons (Fsp3) is 0.0278. The molecule has 1 aliphatic heterocycles. The van der Waals surface area contributed by atoms with E-state index in [1.54, 1.807) is 12.5 Å². The predicted octanol–water partition coefficient (Wildman–Crippen LogP) is 7.88. The number of benzene rings is 5. The molecule has 0 N–H and O–H groups in total. The van der Waals surface area contributed by atoms with Gasteiger partial charge in [0.05, 0.1) is 27.6 Å². The Morgan fingerprint density at radius 2 is 1.29 bits per heavy atom. The molecule has 5 aromatic carbocycles. The van der Waals surface area contributed by atoms with Crippen LogP contribution in [0.5, 0.6) is 0 Å². The van der Waals surface area contributed by atoms with Crippen molar-refractivity contribution in [3.8, 4) is 11.1 Å². The van der Waals surface area contributed by atoms with E-state index in [-0.39, 0.29) is 5.43 Å². The Balaban J connectivity index is 1.46. The molecule has 0 radical (unpaired) electrons. The van der Waals surface area contributed by atoms with Gasteiger partial charge in [0.1, 0.15) is 23.3 Å². The Kier molecular flexibility index (Phi) is 4.34. The topological polar surface area (TPSA) is 59.2 Å². The first-order valence-electron chi connectivity index (χ1n) is 13.6. The molecule has 0 saturated heterocycles. The van der Waals surface area contributed by atoms with Crippen molar-refractivity contribution >= 4 is 39.1 Å².